The van der Waals surface area contributed by atoms with Gasteiger partial charge in [0.25, 0.3) is 0 Å². The number of hydrogen-bond donors (Lipinski definition) is 2. The largest absolute Gasteiger partial charge is 0.395 e. The molecule has 18 heavy (non-hydrogen) atoms. The molecule has 2 fully saturated rings. The fraction of sp³-hybridized carbons (Fsp3) is 1.00. The summed E-state index contributed by atoms with van der Waals surface area (Å²) in [5.41, 5.74) is 6.28. The number of likely N-dealkylation sites (tertiary alicyclic amines) is 1. The first kappa shape index (κ1) is 14.3. The lowest BCUT2D eigenvalue weighted by Gasteiger charge is -2.41. The van der Waals surface area contributed by atoms with Gasteiger partial charge in [0, 0.05) is 18.1 Å². The molecular formula is C14H29N3O. The van der Waals surface area contributed by atoms with E-state index >= 15 is 0 Å². The number of aliphatic hydroxyl groups is 1. The lowest BCUT2D eigenvalue weighted by molar-refractivity contribution is 0.0528. The number of hydrogen-bond acceptors (Lipinski definition) is 4. The Morgan fingerprint density at radius 3 is 2.33 bits per heavy atom. The van der Waals surface area contributed by atoms with Crippen LogP contribution in [0.2, 0.25) is 0 Å². The molecule has 1 aliphatic heterocycles. The predicted octanol–water partition coefficient (Wildman–Crippen LogP) is 0.501. The van der Waals surface area contributed by atoms with E-state index in [0.717, 1.165) is 6.54 Å². The van der Waals surface area contributed by atoms with Gasteiger partial charge in [-0.25, -0.2) is 0 Å². The summed E-state index contributed by atoms with van der Waals surface area (Å²) in [6.07, 6.45) is 4.91. The highest BCUT2D eigenvalue weighted by Gasteiger charge is 2.37. The molecule has 0 spiro atoms. The summed E-state index contributed by atoms with van der Waals surface area (Å²) in [4.78, 5) is 4.86. The average molecular weight is 255 g/mol. The van der Waals surface area contributed by atoms with Crippen molar-refractivity contribution in [2.45, 2.75) is 50.7 Å². The average Bonchev–Trinajstić information content (AvgIpc) is 3.23. The maximum atomic E-state index is 9.64. The first-order valence-corrected chi connectivity index (χ1v) is 7.48. The second kappa shape index (κ2) is 6.33. The van der Waals surface area contributed by atoms with E-state index in [4.69, 9.17) is 5.73 Å². The maximum Gasteiger partial charge on any atom is 0.0602 e. The molecule has 1 heterocycles. The molecule has 2 aliphatic rings. The summed E-state index contributed by atoms with van der Waals surface area (Å²) in [7, 11) is 2.15. The highest BCUT2D eigenvalue weighted by atomic mass is 16.3. The quantitative estimate of drug-likeness (QED) is 0.726. The fourth-order valence-corrected chi connectivity index (χ4v) is 3.23. The van der Waals surface area contributed by atoms with Crippen LogP contribution in [0.25, 0.3) is 0 Å². The number of rotatable bonds is 6. The first-order chi connectivity index (χ1) is 8.67. The van der Waals surface area contributed by atoms with Crippen molar-refractivity contribution >= 4 is 0 Å². The molecule has 0 aromatic heterocycles. The first-order valence-electron chi connectivity index (χ1n) is 7.48. The molecule has 3 N–H and O–H groups in total. The fourth-order valence-electron chi connectivity index (χ4n) is 3.23. The minimum atomic E-state index is 0.149. The van der Waals surface area contributed by atoms with Crippen LogP contribution in [-0.4, -0.2) is 66.3 Å². The van der Waals surface area contributed by atoms with Gasteiger partial charge in [-0.3, -0.25) is 4.90 Å². The number of piperidine rings is 1. The summed E-state index contributed by atoms with van der Waals surface area (Å²) in [6, 6.07) is 0.898. The van der Waals surface area contributed by atoms with Gasteiger partial charge < -0.3 is 15.7 Å². The van der Waals surface area contributed by atoms with E-state index in [0.29, 0.717) is 12.0 Å². The van der Waals surface area contributed by atoms with Crippen molar-refractivity contribution in [1.82, 2.24) is 9.80 Å². The summed E-state index contributed by atoms with van der Waals surface area (Å²) >= 11 is 0. The van der Waals surface area contributed by atoms with Gasteiger partial charge in [0.2, 0.25) is 0 Å². The van der Waals surface area contributed by atoms with Crippen LogP contribution in [0, 0.1) is 5.92 Å². The van der Waals surface area contributed by atoms with E-state index in [2.05, 4.69) is 23.8 Å². The standard InChI is InChI=1S/C14H29N3O/c1-3-17-8-6-12(7-9-17)16(2)13(10-18)14(15)11-4-5-11/h11-14,18H,3-10,15H2,1-2H3. The van der Waals surface area contributed by atoms with Gasteiger partial charge in [-0.15, -0.1) is 0 Å². The van der Waals surface area contributed by atoms with Gasteiger partial charge in [0.15, 0.2) is 0 Å². The van der Waals surface area contributed by atoms with Crippen molar-refractivity contribution in [1.29, 1.82) is 0 Å². The van der Waals surface area contributed by atoms with Crippen LogP contribution >= 0.6 is 0 Å². The summed E-state index contributed by atoms with van der Waals surface area (Å²) < 4.78 is 0. The van der Waals surface area contributed by atoms with Crippen LogP contribution < -0.4 is 5.73 Å². The molecule has 0 bridgehead atoms. The summed E-state index contributed by atoms with van der Waals surface area (Å²) in [6.45, 7) is 5.94. The third-order valence-electron chi connectivity index (χ3n) is 4.90. The molecule has 4 nitrogen and oxygen atoms in total. The third kappa shape index (κ3) is 3.23. The molecule has 0 amide bonds. The number of aliphatic hydroxyl groups excluding tert-OH is 1. The Morgan fingerprint density at radius 1 is 1.28 bits per heavy atom. The molecule has 0 aromatic carbocycles. The van der Waals surface area contributed by atoms with E-state index in [1.165, 1.54) is 38.8 Å². The van der Waals surface area contributed by atoms with Crippen molar-refractivity contribution in [3.63, 3.8) is 0 Å². The van der Waals surface area contributed by atoms with E-state index in [1.807, 2.05) is 0 Å². The Kier molecular flexibility index (Phi) is 5.01. The van der Waals surface area contributed by atoms with Crippen LogP contribution in [0.4, 0.5) is 0 Å². The number of nitrogens with zero attached hydrogens (tertiary/aromatic N) is 2. The summed E-state index contributed by atoms with van der Waals surface area (Å²) in [5, 5.41) is 9.64. The smallest absolute Gasteiger partial charge is 0.0602 e. The van der Waals surface area contributed by atoms with Crippen LogP contribution in [0.15, 0.2) is 0 Å². The second-order valence-corrected chi connectivity index (χ2v) is 6.00. The van der Waals surface area contributed by atoms with Gasteiger partial charge >= 0.3 is 0 Å². The minimum absolute atomic E-state index is 0.149. The number of likely N-dealkylation sites (N-methyl/N-ethyl adjacent to an activating group) is 1. The van der Waals surface area contributed by atoms with Crippen LogP contribution in [0.5, 0.6) is 0 Å². The molecule has 0 radical (unpaired) electrons. The van der Waals surface area contributed by atoms with Crippen molar-refractivity contribution in [2.24, 2.45) is 11.7 Å². The Balaban J connectivity index is 1.86. The zero-order valence-corrected chi connectivity index (χ0v) is 11.9. The van der Waals surface area contributed by atoms with Gasteiger partial charge in [-0.1, -0.05) is 6.92 Å². The molecule has 1 aliphatic carbocycles. The van der Waals surface area contributed by atoms with Crippen molar-refractivity contribution in [2.75, 3.05) is 33.3 Å². The normalized spacial score (nSPS) is 26.5. The molecule has 106 valence electrons. The lowest BCUT2D eigenvalue weighted by atomic mass is 9.97. The van der Waals surface area contributed by atoms with Crippen molar-refractivity contribution < 1.29 is 5.11 Å². The van der Waals surface area contributed by atoms with E-state index < -0.39 is 0 Å². The monoisotopic (exact) mass is 255 g/mol. The molecular weight excluding hydrogens is 226 g/mol. The molecule has 0 aromatic rings. The highest BCUT2D eigenvalue weighted by Crippen LogP contribution is 2.34. The molecule has 2 unspecified atom stereocenters. The summed E-state index contributed by atoms with van der Waals surface area (Å²) in [5.74, 6) is 0.653. The van der Waals surface area contributed by atoms with E-state index in [1.54, 1.807) is 0 Å². The van der Waals surface area contributed by atoms with Crippen molar-refractivity contribution in [3.8, 4) is 0 Å². The van der Waals surface area contributed by atoms with Gasteiger partial charge in [-0.05, 0) is 58.3 Å². The molecule has 1 saturated carbocycles. The Bertz CT molecular complexity index is 249. The topological polar surface area (TPSA) is 52.7 Å². The lowest BCUT2D eigenvalue weighted by Crippen LogP contribution is -2.55. The Morgan fingerprint density at radius 2 is 1.89 bits per heavy atom. The molecule has 1 saturated heterocycles. The van der Waals surface area contributed by atoms with Crippen LogP contribution in [0.1, 0.15) is 32.6 Å². The van der Waals surface area contributed by atoms with E-state index in [9.17, 15) is 5.11 Å². The molecule has 2 atom stereocenters. The predicted molar refractivity (Wildman–Crippen MR) is 74.5 cm³/mol. The van der Waals surface area contributed by atoms with Crippen LogP contribution in [0.3, 0.4) is 0 Å². The molecule has 4 heteroatoms. The maximum absolute atomic E-state index is 9.64. The third-order valence-corrected chi connectivity index (χ3v) is 4.90. The van der Waals surface area contributed by atoms with Gasteiger partial charge in [0.05, 0.1) is 6.61 Å². The van der Waals surface area contributed by atoms with Gasteiger partial charge in [0.1, 0.15) is 0 Å². The van der Waals surface area contributed by atoms with Gasteiger partial charge in [-0.2, -0.15) is 0 Å². The Hall–Kier alpha value is -0.160. The van der Waals surface area contributed by atoms with Crippen molar-refractivity contribution in [3.05, 3.63) is 0 Å². The second-order valence-electron chi connectivity index (χ2n) is 6.00. The Labute approximate surface area is 111 Å². The zero-order chi connectivity index (χ0) is 13.1. The number of nitrogens with two attached hydrogens (primary N) is 1. The zero-order valence-electron chi connectivity index (χ0n) is 11.9. The SMILES string of the molecule is CCN1CCC(N(C)C(CO)C(N)C2CC2)CC1. The highest BCUT2D eigenvalue weighted by molar-refractivity contribution is 4.94. The minimum Gasteiger partial charge on any atom is -0.395 e. The van der Waals surface area contributed by atoms with E-state index in [-0.39, 0.29) is 18.7 Å². The molecule has 2 rings (SSSR count). The van der Waals surface area contributed by atoms with Crippen LogP contribution in [-0.2, 0) is 0 Å².